The molecule has 4 saturated carbocycles. The molecule has 0 N–H and O–H groups in total. The van der Waals surface area contributed by atoms with Gasteiger partial charge in [-0.15, -0.1) is 0 Å². The monoisotopic (exact) mass is 494 g/mol. The summed E-state index contributed by atoms with van der Waals surface area (Å²) in [5.74, 6) is 2.14. The fourth-order valence-electron chi connectivity index (χ4n) is 8.25. The van der Waals surface area contributed by atoms with Gasteiger partial charge < -0.3 is 9.47 Å². The van der Waals surface area contributed by atoms with Crippen molar-refractivity contribution in [1.29, 1.82) is 0 Å². The van der Waals surface area contributed by atoms with Gasteiger partial charge in [-0.2, -0.15) is 0 Å². The van der Waals surface area contributed by atoms with Crippen molar-refractivity contribution in [2.45, 2.75) is 77.6 Å². The van der Waals surface area contributed by atoms with E-state index < -0.39 is 5.60 Å². The Morgan fingerprint density at radius 3 is 2.05 bits per heavy atom. The number of carbonyl (C=O) groups excluding carboxylic acids is 1. The first-order valence-electron chi connectivity index (χ1n) is 14.4. The summed E-state index contributed by atoms with van der Waals surface area (Å²) in [6.07, 6.45) is 5.76. The highest BCUT2D eigenvalue weighted by atomic mass is 16.5. The van der Waals surface area contributed by atoms with Crippen LogP contribution in [0.4, 0.5) is 0 Å². The lowest BCUT2D eigenvalue weighted by Crippen LogP contribution is -2.57. The van der Waals surface area contributed by atoms with Crippen LogP contribution in [0.2, 0.25) is 0 Å². The summed E-state index contributed by atoms with van der Waals surface area (Å²) in [5, 5.41) is 7.93. The van der Waals surface area contributed by atoms with Crippen molar-refractivity contribution in [3.05, 3.63) is 60.2 Å². The highest BCUT2D eigenvalue weighted by molar-refractivity contribution is 6.23. The van der Waals surface area contributed by atoms with Crippen LogP contribution in [-0.4, -0.2) is 18.2 Å². The molecule has 0 aromatic heterocycles. The van der Waals surface area contributed by atoms with Crippen LogP contribution >= 0.6 is 0 Å². The molecule has 37 heavy (non-hydrogen) atoms. The summed E-state index contributed by atoms with van der Waals surface area (Å²) < 4.78 is 13.3. The third-order valence-corrected chi connectivity index (χ3v) is 10.1. The average Bonchev–Trinajstić information content (AvgIpc) is 2.89. The normalized spacial score (nSPS) is 29.9. The molecular formula is C34H38O3. The van der Waals surface area contributed by atoms with Gasteiger partial charge in [-0.3, -0.25) is 4.79 Å². The molecule has 4 fully saturated rings. The number of hydrogen-bond donors (Lipinski definition) is 0. The highest BCUT2D eigenvalue weighted by Crippen LogP contribution is 2.57. The summed E-state index contributed by atoms with van der Waals surface area (Å²) in [7, 11) is 0. The molecule has 0 heterocycles. The van der Waals surface area contributed by atoms with Crippen molar-refractivity contribution in [3.63, 3.8) is 0 Å². The van der Waals surface area contributed by atoms with E-state index >= 15 is 0 Å². The van der Waals surface area contributed by atoms with Gasteiger partial charge in [0.25, 0.3) is 0 Å². The molecule has 4 aliphatic rings. The summed E-state index contributed by atoms with van der Waals surface area (Å²) >= 11 is 0. The minimum absolute atomic E-state index is 0.00160. The smallest absolute Gasteiger partial charge is 0.308 e. The molecule has 0 spiro atoms. The predicted octanol–water partition coefficient (Wildman–Crippen LogP) is 8.23. The van der Waals surface area contributed by atoms with Crippen LogP contribution in [0.15, 0.2) is 54.6 Å². The predicted molar refractivity (Wildman–Crippen MR) is 150 cm³/mol. The summed E-state index contributed by atoms with van der Waals surface area (Å²) in [4.78, 5) is 12.6. The summed E-state index contributed by atoms with van der Waals surface area (Å²) in [6, 6.07) is 20.2. The highest BCUT2D eigenvalue weighted by Gasteiger charge is 2.56. The van der Waals surface area contributed by atoms with Crippen LogP contribution in [0.5, 0.6) is 0 Å². The van der Waals surface area contributed by atoms with Crippen molar-refractivity contribution in [1.82, 2.24) is 0 Å². The van der Waals surface area contributed by atoms with Gasteiger partial charge in [0.1, 0.15) is 6.10 Å². The lowest BCUT2D eigenvalue weighted by molar-refractivity contribution is -0.217. The fourth-order valence-corrected chi connectivity index (χ4v) is 8.25. The number of rotatable bonds is 6. The van der Waals surface area contributed by atoms with E-state index in [1.165, 1.54) is 37.9 Å². The maximum atomic E-state index is 12.6. The number of ether oxygens (including phenoxy) is 2. The number of carbonyl (C=O) groups is 1. The van der Waals surface area contributed by atoms with Gasteiger partial charge in [-0.1, -0.05) is 62.4 Å². The van der Waals surface area contributed by atoms with Gasteiger partial charge in [0.15, 0.2) is 0 Å². The van der Waals surface area contributed by atoms with E-state index in [-0.39, 0.29) is 24.1 Å². The molecule has 3 nitrogen and oxygen atoms in total. The zero-order chi connectivity index (χ0) is 25.5. The van der Waals surface area contributed by atoms with E-state index in [4.69, 9.17) is 9.47 Å². The second-order valence-electron chi connectivity index (χ2n) is 12.8. The molecule has 0 saturated heterocycles. The minimum atomic E-state index is -0.396. The molecule has 0 aliphatic heterocycles. The van der Waals surface area contributed by atoms with Crippen LogP contribution in [0.25, 0.3) is 32.3 Å². The standard InChI is InChI=1S/C34H38O3/c1-5-19(2)33(35)36-31-23-14-25-16-24(31)17-26(15-23)32(25)37-34(3,4)28-18-22-10-6-8-20-12-13-21-9-7-11-27(28)30(21)29(20)22/h6-13,18-19,23-26,31-32H,5,14-17H2,1-4H3. The fraction of sp³-hybridized carbons (Fsp3) is 0.500. The Morgan fingerprint density at radius 2 is 1.41 bits per heavy atom. The Hall–Kier alpha value is -2.65. The number of esters is 1. The number of benzene rings is 4. The van der Waals surface area contributed by atoms with Crippen LogP contribution in [0, 0.1) is 29.6 Å². The lowest BCUT2D eigenvalue weighted by Gasteiger charge is -2.58. The second kappa shape index (κ2) is 8.43. The van der Waals surface area contributed by atoms with Crippen LogP contribution in [-0.2, 0) is 19.9 Å². The van der Waals surface area contributed by atoms with Crippen molar-refractivity contribution in [2.75, 3.05) is 0 Å². The van der Waals surface area contributed by atoms with Crippen LogP contribution in [0.1, 0.15) is 65.4 Å². The quantitative estimate of drug-likeness (QED) is 0.200. The largest absolute Gasteiger partial charge is 0.462 e. The van der Waals surface area contributed by atoms with Gasteiger partial charge in [0.2, 0.25) is 0 Å². The van der Waals surface area contributed by atoms with Gasteiger partial charge in [0, 0.05) is 0 Å². The van der Waals surface area contributed by atoms with Crippen molar-refractivity contribution < 1.29 is 14.3 Å². The SMILES string of the molecule is CCC(C)C(=O)OC1C2CC3CC1CC(C2)C3OC(C)(C)c1cc2cccc3ccc4cccc1c4c32. The van der Waals surface area contributed by atoms with Gasteiger partial charge in [-0.05, 0) is 114 Å². The zero-order valence-corrected chi connectivity index (χ0v) is 22.5. The Bertz CT molecular complexity index is 1450. The van der Waals surface area contributed by atoms with Gasteiger partial charge in [-0.25, -0.2) is 0 Å². The Kier molecular flexibility index (Phi) is 5.35. The summed E-state index contributed by atoms with van der Waals surface area (Å²) in [5.41, 5.74) is 0.894. The minimum Gasteiger partial charge on any atom is -0.462 e. The molecular weight excluding hydrogens is 456 g/mol. The topological polar surface area (TPSA) is 35.5 Å². The molecule has 0 amide bonds. The molecule has 0 radical (unpaired) electrons. The maximum Gasteiger partial charge on any atom is 0.308 e. The third-order valence-electron chi connectivity index (χ3n) is 10.1. The first-order valence-corrected chi connectivity index (χ1v) is 14.4. The van der Waals surface area contributed by atoms with Gasteiger partial charge in [0.05, 0.1) is 17.6 Å². The van der Waals surface area contributed by atoms with Crippen molar-refractivity contribution in [3.8, 4) is 0 Å². The summed E-state index contributed by atoms with van der Waals surface area (Å²) in [6.45, 7) is 8.60. The molecule has 4 aromatic rings. The molecule has 8 rings (SSSR count). The Morgan fingerprint density at radius 1 is 0.838 bits per heavy atom. The first kappa shape index (κ1) is 23.5. The van der Waals surface area contributed by atoms with Crippen molar-refractivity contribution in [2.24, 2.45) is 29.6 Å². The zero-order valence-electron chi connectivity index (χ0n) is 22.5. The lowest BCUT2D eigenvalue weighted by atomic mass is 9.53. The molecule has 3 heteroatoms. The molecule has 4 bridgehead atoms. The molecule has 192 valence electrons. The van der Waals surface area contributed by atoms with Crippen LogP contribution < -0.4 is 0 Å². The van der Waals surface area contributed by atoms with Crippen molar-refractivity contribution >= 4 is 38.3 Å². The van der Waals surface area contributed by atoms with E-state index in [1.807, 2.05) is 6.92 Å². The second-order valence-corrected chi connectivity index (χ2v) is 12.8. The van der Waals surface area contributed by atoms with E-state index in [1.54, 1.807) is 0 Å². The van der Waals surface area contributed by atoms with E-state index in [0.29, 0.717) is 23.7 Å². The average molecular weight is 495 g/mol. The Labute approximate surface area is 219 Å². The molecule has 4 aliphatic carbocycles. The van der Waals surface area contributed by atoms with E-state index in [9.17, 15) is 4.79 Å². The molecule has 1 atom stereocenters. The van der Waals surface area contributed by atoms with E-state index in [0.717, 1.165) is 32.1 Å². The third kappa shape index (κ3) is 3.61. The molecule has 4 aromatic carbocycles. The van der Waals surface area contributed by atoms with Gasteiger partial charge >= 0.3 is 5.97 Å². The maximum absolute atomic E-state index is 12.6. The van der Waals surface area contributed by atoms with E-state index in [2.05, 4.69) is 75.4 Å². The number of hydrogen-bond acceptors (Lipinski definition) is 3. The van der Waals surface area contributed by atoms with Crippen LogP contribution in [0.3, 0.4) is 0 Å². The molecule has 1 unspecified atom stereocenters. The Balaban J connectivity index is 1.19. The first-order chi connectivity index (χ1) is 17.8.